The second-order valence-corrected chi connectivity index (χ2v) is 5.84. The molecule has 0 aromatic heterocycles. The van der Waals surface area contributed by atoms with Gasteiger partial charge in [-0.25, -0.2) is 0 Å². The zero-order chi connectivity index (χ0) is 15.1. The number of amides is 1. The number of aryl methyl sites for hydroxylation is 1. The fraction of sp³-hybridized carbons (Fsp3) is 0.429. The minimum absolute atomic E-state index is 0.00210. The van der Waals surface area contributed by atoms with Crippen LogP contribution < -0.4 is 0 Å². The fourth-order valence-corrected chi connectivity index (χ4v) is 2.40. The third kappa shape index (κ3) is 5.92. The standard InChI is InChI=1S/C14H17BrClNO3/c1-17(8-2-3-14(19)20)13(18)7-4-10-9-11(16)5-6-12(10)15/h5-6,9H,2-4,7-8H2,1H3,(H,19,20). The van der Waals surface area contributed by atoms with E-state index in [9.17, 15) is 9.59 Å². The molecular weight excluding hydrogens is 346 g/mol. The summed E-state index contributed by atoms with van der Waals surface area (Å²) in [7, 11) is 1.69. The average Bonchev–Trinajstić information content (AvgIpc) is 2.38. The Morgan fingerprint density at radius 3 is 2.70 bits per heavy atom. The van der Waals surface area contributed by atoms with Crippen molar-refractivity contribution < 1.29 is 14.7 Å². The van der Waals surface area contributed by atoms with E-state index in [4.69, 9.17) is 16.7 Å². The Labute approximate surface area is 131 Å². The van der Waals surface area contributed by atoms with E-state index in [1.54, 1.807) is 18.0 Å². The maximum atomic E-state index is 11.9. The van der Waals surface area contributed by atoms with Gasteiger partial charge in [0.2, 0.25) is 5.91 Å². The summed E-state index contributed by atoms with van der Waals surface area (Å²) in [6.07, 6.45) is 1.53. The molecule has 0 aliphatic carbocycles. The first-order chi connectivity index (χ1) is 9.40. The largest absolute Gasteiger partial charge is 0.481 e. The first kappa shape index (κ1) is 17.0. The van der Waals surface area contributed by atoms with Gasteiger partial charge in [-0.15, -0.1) is 0 Å². The molecule has 1 N–H and O–H groups in total. The molecule has 0 saturated heterocycles. The van der Waals surface area contributed by atoms with Crippen LogP contribution >= 0.6 is 27.5 Å². The molecule has 0 fully saturated rings. The predicted molar refractivity (Wildman–Crippen MR) is 82.0 cm³/mol. The van der Waals surface area contributed by atoms with Crippen molar-refractivity contribution in [3.05, 3.63) is 33.3 Å². The first-order valence-electron chi connectivity index (χ1n) is 6.30. The molecular formula is C14H17BrClNO3. The Balaban J connectivity index is 2.42. The monoisotopic (exact) mass is 361 g/mol. The Hall–Kier alpha value is -1.07. The van der Waals surface area contributed by atoms with Crippen molar-refractivity contribution in [2.45, 2.75) is 25.7 Å². The molecule has 0 bridgehead atoms. The maximum absolute atomic E-state index is 11.9. The van der Waals surface area contributed by atoms with Gasteiger partial charge in [0.1, 0.15) is 0 Å². The summed E-state index contributed by atoms with van der Waals surface area (Å²) in [5.41, 5.74) is 0.991. The van der Waals surface area contributed by atoms with Crippen molar-refractivity contribution in [2.75, 3.05) is 13.6 Å². The van der Waals surface area contributed by atoms with Crippen LogP contribution in [0.3, 0.4) is 0 Å². The van der Waals surface area contributed by atoms with E-state index in [0.717, 1.165) is 10.0 Å². The number of benzene rings is 1. The summed E-state index contributed by atoms with van der Waals surface area (Å²) in [4.78, 5) is 23.9. The van der Waals surface area contributed by atoms with E-state index < -0.39 is 5.97 Å². The van der Waals surface area contributed by atoms with Gasteiger partial charge >= 0.3 is 5.97 Å². The van der Waals surface area contributed by atoms with E-state index in [2.05, 4.69) is 15.9 Å². The number of hydrogen-bond acceptors (Lipinski definition) is 2. The number of nitrogens with zero attached hydrogens (tertiary/aromatic N) is 1. The predicted octanol–water partition coefficient (Wildman–Crippen LogP) is 3.36. The summed E-state index contributed by atoms with van der Waals surface area (Å²) in [5, 5.41) is 9.20. The molecule has 0 heterocycles. The Morgan fingerprint density at radius 2 is 2.05 bits per heavy atom. The van der Waals surface area contributed by atoms with Gasteiger partial charge in [0.25, 0.3) is 0 Å². The molecule has 1 aromatic rings. The topological polar surface area (TPSA) is 57.6 Å². The second kappa shape index (κ2) is 8.27. The van der Waals surface area contributed by atoms with Gasteiger partial charge in [-0.3, -0.25) is 9.59 Å². The van der Waals surface area contributed by atoms with Gasteiger partial charge in [0, 0.05) is 35.9 Å². The molecule has 0 unspecified atom stereocenters. The van der Waals surface area contributed by atoms with Gasteiger partial charge in [0.05, 0.1) is 0 Å². The van der Waals surface area contributed by atoms with Crippen molar-refractivity contribution in [3.63, 3.8) is 0 Å². The van der Waals surface area contributed by atoms with Crippen LogP contribution in [0.5, 0.6) is 0 Å². The number of rotatable bonds is 7. The Morgan fingerprint density at radius 1 is 1.35 bits per heavy atom. The van der Waals surface area contributed by atoms with E-state index in [0.29, 0.717) is 30.8 Å². The quantitative estimate of drug-likeness (QED) is 0.809. The smallest absolute Gasteiger partial charge is 0.303 e. The molecule has 0 spiro atoms. The molecule has 0 radical (unpaired) electrons. The third-order valence-corrected chi connectivity index (χ3v) is 3.93. The van der Waals surface area contributed by atoms with E-state index in [1.807, 2.05) is 12.1 Å². The van der Waals surface area contributed by atoms with Crippen molar-refractivity contribution >= 4 is 39.4 Å². The lowest BCUT2D eigenvalue weighted by molar-refractivity contribution is -0.138. The molecule has 1 aromatic carbocycles. The Kier molecular flexibility index (Phi) is 7.02. The van der Waals surface area contributed by atoms with Gasteiger partial charge < -0.3 is 10.0 Å². The number of carbonyl (C=O) groups excluding carboxylic acids is 1. The summed E-state index contributed by atoms with van der Waals surface area (Å²) in [6, 6.07) is 5.48. The zero-order valence-electron chi connectivity index (χ0n) is 11.2. The first-order valence-corrected chi connectivity index (χ1v) is 7.47. The van der Waals surface area contributed by atoms with Crippen LogP contribution in [0, 0.1) is 0 Å². The van der Waals surface area contributed by atoms with Crippen molar-refractivity contribution in [2.24, 2.45) is 0 Å². The minimum Gasteiger partial charge on any atom is -0.481 e. The SMILES string of the molecule is CN(CCCC(=O)O)C(=O)CCc1cc(Cl)ccc1Br. The van der Waals surface area contributed by atoms with Gasteiger partial charge in [0.15, 0.2) is 0 Å². The van der Waals surface area contributed by atoms with Crippen LogP contribution in [0.4, 0.5) is 0 Å². The second-order valence-electron chi connectivity index (χ2n) is 4.55. The van der Waals surface area contributed by atoms with Crippen molar-refractivity contribution in [1.29, 1.82) is 0 Å². The fourth-order valence-electron chi connectivity index (χ4n) is 1.76. The van der Waals surface area contributed by atoms with E-state index in [1.165, 1.54) is 0 Å². The highest BCUT2D eigenvalue weighted by Gasteiger charge is 2.10. The molecule has 20 heavy (non-hydrogen) atoms. The summed E-state index contributed by atoms with van der Waals surface area (Å²) < 4.78 is 0.934. The highest BCUT2D eigenvalue weighted by molar-refractivity contribution is 9.10. The van der Waals surface area contributed by atoms with Crippen LogP contribution in [-0.2, 0) is 16.0 Å². The maximum Gasteiger partial charge on any atom is 0.303 e. The molecule has 6 heteroatoms. The summed E-state index contributed by atoms with van der Waals surface area (Å²) >= 11 is 9.35. The molecule has 0 saturated carbocycles. The minimum atomic E-state index is -0.839. The van der Waals surface area contributed by atoms with E-state index >= 15 is 0 Å². The highest BCUT2D eigenvalue weighted by atomic mass is 79.9. The lowest BCUT2D eigenvalue weighted by Crippen LogP contribution is -2.28. The lowest BCUT2D eigenvalue weighted by Gasteiger charge is -2.16. The van der Waals surface area contributed by atoms with Crippen molar-refractivity contribution in [3.8, 4) is 0 Å². The number of carboxylic acid groups (broad SMARTS) is 1. The molecule has 0 aliphatic rings. The number of carbonyl (C=O) groups is 2. The molecule has 0 atom stereocenters. The number of aliphatic carboxylic acids is 1. The van der Waals surface area contributed by atoms with E-state index in [-0.39, 0.29) is 12.3 Å². The van der Waals surface area contributed by atoms with Crippen LogP contribution in [0.25, 0.3) is 0 Å². The number of halogens is 2. The van der Waals surface area contributed by atoms with Gasteiger partial charge in [-0.2, -0.15) is 0 Å². The third-order valence-electron chi connectivity index (χ3n) is 2.93. The summed E-state index contributed by atoms with van der Waals surface area (Å²) in [5.74, 6) is -0.837. The zero-order valence-corrected chi connectivity index (χ0v) is 13.6. The lowest BCUT2D eigenvalue weighted by atomic mass is 10.1. The number of carboxylic acids is 1. The molecule has 1 rings (SSSR count). The molecule has 1 amide bonds. The molecule has 4 nitrogen and oxygen atoms in total. The molecule has 110 valence electrons. The Bertz CT molecular complexity index is 493. The van der Waals surface area contributed by atoms with Gasteiger partial charge in [-0.1, -0.05) is 27.5 Å². The number of hydrogen-bond donors (Lipinski definition) is 1. The average molecular weight is 363 g/mol. The van der Waals surface area contributed by atoms with Gasteiger partial charge in [-0.05, 0) is 36.6 Å². The van der Waals surface area contributed by atoms with Crippen molar-refractivity contribution in [1.82, 2.24) is 4.90 Å². The van der Waals surface area contributed by atoms with Crippen LogP contribution in [0.1, 0.15) is 24.8 Å². The highest BCUT2D eigenvalue weighted by Crippen LogP contribution is 2.22. The van der Waals surface area contributed by atoms with Crippen LogP contribution in [0.2, 0.25) is 5.02 Å². The normalized spacial score (nSPS) is 10.3. The van der Waals surface area contributed by atoms with Crippen LogP contribution in [-0.4, -0.2) is 35.5 Å². The summed E-state index contributed by atoms with van der Waals surface area (Å²) in [6.45, 7) is 0.460. The molecule has 0 aliphatic heterocycles. The van der Waals surface area contributed by atoms with Crippen LogP contribution in [0.15, 0.2) is 22.7 Å².